The summed E-state index contributed by atoms with van der Waals surface area (Å²) in [7, 11) is 0. The molecule has 0 atom stereocenters. The van der Waals surface area contributed by atoms with Gasteiger partial charge in [0.2, 0.25) is 0 Å². The van der Waals surface area contributed by atoms with Crippen LogP contribution in [0.5, 0.6) is 0 Å². The molecule has 1 amide bonds. The number of nitrogens with one attached hydrogen (secondary N) is 1. The van der Waals surface area contributed by atoms with E-state index in [0.29, 0.717) is 0 Å². The maximum absolute atomic E-state index is 12.3. The molecule has 1 heterocycles. The van der Waals surface area contributed by atoms with Crippen LogP contribution in [0.25, 0.3) is 0 Å². The third kappa shape index (κ3) is 4.43. The van der Waals surface area contributed by atoms with Crippen LogP contribution >= 0.6 is 12.2 Å². The number of rotatable bonds is 4. The number of amides is 1. The molecule has 2 rings (SSSR count). The van der Waals surface area contributed by atoms with Gasteiger partial charge in [-0.25, -0.2) is 0 Å². The van der Waals surface area contributed by atoms with Gasteiger partial charge in [0.15, 0.2) is 5.11 Å². The van der Waals surface area contributed by atoms with Gasteiger partial charge in [0.1, 0.15) is 0 Å². The number of unbranched alkanes of at least 4 members (excludes halogenated alkanes) is 1. The average molecular weight is 305 g/mol. The van der Waals surface area contributed by atoms with E-state index >= 15 is 0 Å². The number of benzene rings is 1. The number of nitrogens with zero attached hydrogens (tertiary/aromatic N) is 2. The van der Waals surface area contributed by atoms with Crippen LogP contribution in [0.4, 0.5) is 0 Å². The summed E-state index contributed by atoms with van der Waals surface area (Å²) in [4.78, 5) is 16.4. The van der Waals surface area contributed by atoms with Crippen LogP contribution in [0.3, 0.4) is 0 Å². The molecule has 0 bridgehead atoms. The van der Waals surface area contributed by atoms with Crippen molar-refractivity contribution in [2.24, 2.45) is 0 Å². The lowest BCUT2D eigenvalue weighted by Gasteiger charge is -2.36. The number of carbonyl (C=O) groups excluding carboxylic acids is 1. The summed E-state index contributed by atoms with van der Waals surface area (Å²) >= 11 is 5.40. The molecular weight excluding hydrogens is 282 g/mol. The summed E-state index contributed by atoms with van der Waals surface area (Å²) in [6.07, 6.45) is 2.29. The lowest BCUT2D eigenvalue weighted by Crippen LogP contribution is -2.53. The lowest BCUT2D eigenvalue weighted by atomic mass is 10.2. The lowest BCUT2D eigenvalue weighted by molar-refractivity contribution is 0.0691. The monoisotopic (exact) mass is 305 g/mol. The fourth-order valence-corrected chi connectivity index (χ4v) is 2.64. The van der Waals surface area contributed by atoms with Crippen LogP contribution in [-0.4, -0.2) is 53.5 Å². The summed E-state index contributed by atoms with van der Waals surface area (Å²) in [5.74, 6) is 0.111. The Morgan fingerprint density at radius 2 is 1.76 bits per heavy atom. The molecule has 1 saturated heterocycles. The van der Waals surface area contributed by atoms with E-state index < -0.39 is 0 Å². The van der Waals surface area contributed by atoms with E-state index in [1.165, 1.54) is 0 Å². The molecule has 1 aromatic rings. The smallest absolute Gasteiger partial charge is 0.253 e. The van der Waals surface area contributed by atoms with Crippen LogP contribution in [0.15, 0.2) is 30.3 Å². The summed E-state index contributed by atoms with van der Waals surface area (Å²) in [6.45, 7) is 6.15. The van der Waals surface area contributed by atoms with E-state index in [9.17, 15) is 4.79 Å². The van der Waals surface area contributed by atoms with Gasteiger partial charge < -0.3 is 15.1 Å². The molecule has 0 radical (unpaired) electrons. The molecule has 1 N–H and O–H groups in total. The van der Waals surface area contributed by atoms with Crippen LogP contribution < -0.4 is 5.32 Å². The van der Waals surface area contributed by atoms with Gasteiger partial charge in [-0.15, -0.1) is 0 Å². The van der Waals surface area contributed by atoms with Crippen LogP contribution in [0.1, 0.15) is 30.1 Å². The summed E-state index contributed by atoms with van der Waals surface area (Å²) in [5.41, 5.74) is 0.759. The highest BCUT2D eigenvalue weighted by atomic mass is 32.1. The van der Waals surface area contributed by atoms with E-state index in [1.54, 1.807) is 0 Å². The van der Waals surface area contributed by atoms with Crippen molar-refractivity contribution < 1.29 is 4.79 Å². The van der Waals surface area contributed by atoms with E-state index in [1.807, 2.05) is 35.2 Å². The number of hydrogen-bond acceptors (Lipinski definition) is 2. The van der Waals surface area contributed by atoms with Crippen LogP contribution in [-0.2, 0) is 0 Å². The predicted molar refractivity (Wildman–Crippen MR) is 89.4 cm³/mol. The minimum absolute atomic E-state index is 0.111. The van der Waals surface area contributed by atoms with Gasteiger partial charge in [0, 0.05) is 38.3 Å². The van der Waals surface area contributed by atoms with Gasteiger partial charge in [-0.2, -0.15) is 0 Å². The molecule has 114 valence electrons. The van der Waals surface area contributed by atoms with Gasteiger partial charge in [-0.3, -0.25) is 4.79 Å². The first kappa shape index (κ1) is 15.8. The molecule has 1 aliphatic rings. The topological polar surface area (TPSA) is 35.6 Å². The molecule has 0 spiro atoms. The summed E-state index contributed by atoms with van der Waals surface area (Å²) in [5, 5.41) is 4.10. The van der Waals surface area contributed by atoms with Crippen LogP contribution in [0, 0.1) is 0 Å². The highest BCUT2D eigenvalue weighted by Gasteiger charge is 2.22. The number of hydrogen-bond donors (Lipinski definition) is 1. The molecule has 21 heavy (non-hydrogen) atoms. The zero-order valence-electron chi connectivity index (χ0n) is 12.5. The van der Waals surface area contributed by atoms with Crippen molar-refractivity contribution in [2.75, 3.05) is 32.7 Å². The Labute approximate surface area is 132 Å². The van der Waals surface area contributed by atoms with Gasteiger partial charge in [0.25, 0.3) is 5.91 Å². The standard InChI is InChI=1S/C16H23N3OS/c1-2-3-9-17-16(21)19-12-10-18(11-13-19)15(20)14-7-5-4-6-8-14/h4-8H,2-3,9-13H2,1H3,(H,17,21). The fourth-order valence-electron chi connectivity index (χ4n) is 2.36. The highest BCUT2D eigenvalue weighted by molar-refractivity contribution is 7.80. The van der Waals surface area contributed by atoms with Gasteiger partial charge in [-0.1, -0.05) is 31.5 Å². The largest absolute Gasteiger partial charge is 0.363 e. The minimum Gasteiger partial charge on any atom is -0.363 e. The first-order chi connectivity index (χ1) is 10.2. The molecule has 4 nitrogen and oxygen atoms in total. The fraction of sp³-hybridized carbons (Fsp3) is 0.500. The minimum atomic E-state index is 0.111. The van der Waals surface area contributed by atoms with E-state index in [0.717, 1.165) is 56.2 Å². The molecule has 0 aromatic heterocycles. The van der Waals surface area contributed by atoms with Crippen molar-refractivity contribution in [1.29, 1.82) is 0 Å². The Kier molecular flexibility index (Phi) is 5.99. The first-order valence-electron chi connectivity index (χ1n) is 7.59. The number of piperazine rings is 1. The van der Waals surface area contributed by atoms with Gasteiger partial charge in [-0.05, 0) is 30.8 Å². The van der Waals surface area contributed by atoms with Crippen molar-refractivity contribution >= 4 is 23.2 Å². The zero-order chi connectivity index (χ0) is 15.1. The van der Waals surface area contributed by atoms with Gasteiger partial charge >= 0.3 is 0 Å². The number of thiocarbonyl (C=S) groups is 1. The third-order valence-electron chi connectivity index (χ3n) is 3.68. The molecule has 0 unspecified atom stereocenters. The average Bonchev–Trinajstić information content (AvgIpc) is 2.55. The maximum Gasteiger partial charge on any atom is 0.253 e. The van der Waals surface area contributed by atoms with E-state index in [4.69, 9.17) is 12.2 Å². The molecule has 1 fully saturated rings. The molecular formula is C16H23N3OS. The molecule has 1 aromatic carbocycles. The number of carbonyl (C=O) groups is 1. The van der Waals surface area contributed by atoms with Crippen molar-refractivity contribution in [2.45, 2.75) is 19.8 Å². The van der Waals surface area contributed by atoms with Gasteiger partial charge in [0.05, 0.1) is 0 Å². The Morgan fingerprint density at radius 3 is 2.38 bits per heavy atom. The second-order valence-electron chi connectivity index (χ2n) is 5.23. The Hall–Kier alpha value is -1.62. The maximum atomic E-state index is 12.3. The van der Waals surface area contributed by atoms with Crippen molar-refractivity contribution in [3.8, 4) is 0 Å². The van der Waals surface area contributed by atoms with Crippen molar-refractivity contribution in [3.63, 3.8) is 0 Å². The summed E-state index contributed by atoms with van der Waals surface area (Å²) in [6, 6.07) is 9.46. The third-order valence-corrected chi connectivity index (χ3v) is 4.08. The summed E-state index contributed by atoms with van der Waals surface area (Å²) < 4.78 is 0. The first-order valence-corrected chi connectivity index (χ1v) is 8.00. The van der Waals surface area contributed by atoms with E-state index in [-0.39, 0.29) is 5.91 Å². The van der Waals surface area contributed by atoms with Crippen LogP contribution in [0.2, 0.25) is 0 Å². The highest BCUT2D eigenvalue weighted by Crippen LogP contribution is 2.09. The molecule has 0 saturated carbocycles. The second-order valence-corrected chi connectivity index (χ2v) is 5.62. The zero-order valence-corrected chi connectivity index (χ0v) is 13.4. The predicted octanol–water partition coefficient (Wildman–Crippen LogP) is 2.12. The quantitative estimate of drug-likeness (QED) is 0.683. The normalized spacial score (nSPS) is 14.9. The van der Waals surface area contributed by atoms with E-state index in [2.05, 4.69) is 17.1 Å². The second kappa shape index (κ2) is 7.98. The Morgan fingerprint density at radius 1 is 1.14 bits per heavy atom. The molecule has 0 aliphatic carbocycles. The molecule has 1 aliphatic heterocycles. The Balaban J connectivity index is 1.80. The SMILES string of the molecule is CCCCNC(=S)N1CCN(C(=O)c2ccccc2)CC1. The van der Waals surface area contributed by atoms with Crippen molar-refractivity contribution in [1.82, 2.24) is 15.1 Å². The Bertz CT molecular complexity index is 470. The molecule has 5 heteroatoms. The van der Waals surface area contributed by atoms with Crippen molar-refractivity contribution in [3.05, 3.63) is 35.9 Å².